The quantitative estimate of drug-likeness (QED) is 0.661. The third-order valence-corrected chi connectivity index (χ3v) is 3.67. The molecule has 0 aliphatic carbocycles. The van der Waals surface area contributed by atoms with Gasteiger partial charge in [0.05, 0.1) is 0 Å². The standard InChI is InChI=1S/C13H11ClFNS/c14-10-3-6-13(12(16)7-10)17-8-9-1-4-11(15)5-2-9/h1-7H,8,16H2. The van der Waals surface area contributed by atoms with E-state index in [2.05, 4.69) is 0 Å². The van der Waals surface area contributed by atoms with Crippen LogP contribution in [0.4, 0.5) is 10.1 Å². The third-order valence-electron chi connectivity index (χ3n) is 2.28. The highest BCUT2D eigenvalue weighted by atomic mass is 35.5. The van der Waals surface area contributed by atoms with Crippen LogP contribution in [0.25, 0.3) is 0 Å². The number of nitrogen functional groups attached to an aromatic ring is 1. The number of thioether (sulfide) groups is 1. The Morgan fingerprint density at radius 1 is 1.12 bits per heavy atom. The molecule has 4 heteroatoms. The summed E-state index contributed by atoms with van der Waals surface area (Å²) in [5.74, 6) is 0.538. The van der Waals surface area contributed by atoms with Crippen LogP contribution in [-0.2, 0) is 5.75 Å². The van der Waals surface area contributed by atoms with Crippen LogP contribution < -0.4 is 5.73 Å². The molecule has 0 saturated carbocycles. The number of benzene rings is 2. The second-order valence-corrected chi connectivity index (χ2v) is 5.05. The minimum absolute atomic E-state index is 0.218. The lowest BCUT2D eigenvalue weighted by Crippen LogP contribution is -1.89. The summed E-state index contributed by atoms with van der Waals surface area (Å²) in [7, 11) is 0. The minimum Gasteiger partial charge on any atom is -0.398 e. The van der Waals surface area contributed by atoms with Crippen LogP contribution in [0.3, 0.4) is 0 Å². The van der Waals surface area contributed by atoms with Crippen molar-refractivity contribution in [3.8, 4) is 0 Å². The van der Waals surface area contributed by atoms with Gasteiger partial charge < -0.3 is 5.73 Å². The van der Waals surface area contributed by atoms with Gasteiger partial charge in [-0.15, -0.1) is 11.8 Å². The van der Waals surface area contributed by atoms with Crippen LogP contribution >= 0.6 is 23.4 Å². The van der Waals surface area contributed by atoms with Crippen molar-refractivity contribution in [2.75, 3.05) is 5.73 Å². The molecule has 2 aromatic rings. The van der Waals surface area contributed by atoms with E-state index in [0.29, 0.717) is 10.7 Å². The second kappa shape index (κ2) is 5.43. The molecule has 0 bridgehead atoms. The van der Waals surface area contributed by atoms with E-state index in [9.17, 15) is 4.39 Å². The summed E-state index contributed by atoms with van der Waals surface area (Å²) in [6.45, 7) is 0. The molecule has 1 nitrogen and oxygen atoms in total. The summed E-state index contributed by atoms with van der Waals surface area (Å²) in [4.78, 5) is 0.985. The third kappa shape index (κ3) is 3.38. The van der Waals surface area contributed by atoms with Gasteiger partial charge in [-0.3, -0.25) is 0 Å². The van der Waals surface area contributed by atoms with Crippen molar-refractivity contribution in [1.82, 2.24) is 0 Å². The number of hydrogen-bond acceptors (Lipinski definition) is 2. The molecule has 2 N–H and O–H groups in total. The average Bonchev–Trinajstić information content (AvgIpc) is 2.30. The predicted molar refractivity (Wildman–Crippen MR) is 71.8 cm³/mol. The average molecular weight is 268 g/mol. The Balaban J connectivity index is 2.04. The van der Waals surface area contributed by atoms with Gasteiger partial charge in [-0.05, 0) is 35.9 Å². The van der Waals surface area contributed by atoms with Crippen LogP contribution in [0.5, 0.6) is 0 Å². The summed E-state index contributed by atoms with van der Waals surface area (Å²) in [5.41, 5.74) is 7.58. The molecule has 2 aromatic carbocycles. The zero-order valence-electron chi connectivity index (χ0n) is 8.99. The van der Waals surface area contributed by atoms with E-state index in [1.54, 1.807) is 30.0 Å². The van der Waals surface area contributed by atoms with E-state index in [0.717, 1.165) is 16.2 Å². The maximum absolute atomic E-state index is 12.7. The normalized spacial score (nSPS) is 10.5. The Bertz CT molecular complexity index is 513. The Kier molecular flexibility index (Phi) is 3.92. The molecule has 0 amide bonds. The molecule has 0 spiro atoms. The van der Waals surface area contributed by atoms with Gasteiger partial charge in [-0.1, -0.05) is 23.7 Å². The van der Waals surface area contributed by atoms with E-state index < -0.39 is 0 Å². The number of rotatable bonds is 3. The van der Waals surface area contributed by atoms with Gasteiger partial charge in [0.1, 0.15) is 5.82 Å². The lowest BCUT2D eigenvalue weighted by atomic mass is 10.2. The number of nitrogens with two attached hydrogens (primary N) is 1. The Morgan fingerprint density at radius 3 is 2.47 bits per heavy atom. The number of hydrogen-bond donors (Lipinski definition) is 1. The largest absolute Gasteiger partial charge is 0.398 e. The molecular weight excluding hydrogens is 257 g/mol. The molecule has 88 valence electrons. The van der Waals surface area contributed by atoms with Crippen LogP contribution in [0.15, 0.2) is 47.4 Å². The molecule has 0 fully saturated rings. The molecule has 0 atom stereocenters. The Morgan fingerprint density at radius 2 is 1.82 bits per heavy atom. The van der Waals surface area contributed by atoms with Crippen LogP contribution in [0, 0.1) is 5.82 Å². The fourth-order valence-electron chi connectivity index (χ4n) is 1.39. The molecule has 0 heterocycles. The highest BCUT2D eigenvalue weighted by Crippen LogP contribution is 2.30. The fraction of sp³-hybridized carbons (Fsp3) is 0.0769. The maximum atomic E-state index is 12.7. The van der Waals surface area contributed by atoms with Gasteiger partial charge in [0, 0.05) is 21.4 Å². The predicted octanol–water partition coefficient (Wildman–Crippen LogP) is 4.35. The molecule has 0 saturated heterocycles. The smallest absolute Gasteiger partial charge is 0.123 e. The highest BCUT2D eigenvalue weighted by Gasteiger charge is 2.02. The van der Waals surface area contributed by atoms with E-state index in [4.69, 9.17) is 17.3 Å². The van der Waals surface area contributed by atoms with Crippen molar-refractivity contribution >= 4 is 29.1 Å². The first kappa shape index (κ1) is 12.3. The summed E-state index contributed by atoms with van der Waals surface area (Å²) in [5, 5.41) is 0.633. The zero-order valence-corrected chi connectivity index (χ0v) is 10.6. The van der Waals surface area contributed by atoms with Gasteiger partial charge in [0.15, 0.2) is 0 Å². The number of halogens is 2. The van der Waals surface area contributed by atoms with E-state index >= 15 is 0 Å². The van der Waals surface area contributed by atoms with Crippen molar-refractivity contribution in [2.45, 2.75) is 10.6 Å². The molecule has 0 radical (unpaired) electrons. The SMILES string of the molecule is Nc1cc(Cl)ccc1SCc1ccc(F)cc1. The minimum atomic E-state index is -0.218. The van der Waals surface area contributed by atoms with Crippen LogP contribution in [0.1, 0.15) is 5.56 Å². The topological polar surface area (TPSA) is 26.0 Å². The second-order valence-electron chi connectivity index (χ2n) is 3.60. The molecule has 0 aromatic heterocycles. The summed E-state index contributed by atoms with van der Waals surface area (Å²) >= 11 is 7.43. The van der Waals surface area contributed by atoms with Crippen molar-refractivity contribution in [3.05, 3.63) is 58.9 Å². The first-order valence-corrected chi connectivity index (χ1v) is 6.44. The summed E-state index contributed by atoms with van der Waals surface area (Å²) in [6, 6.07) is 11.9. The molecule has 2 rings (SSSR count). The van der Waals surface area contributed by atoms with Gasteiger partial charge in [0.25, 0.3) is 0 Å². The molecule has 0 unspecified atom stereocenters. The summed E-state index contributed by atoms with van der Waals surface area (Å²) in [6.07, 6.45) is 0. The van der Waals surface area contributed by atoms with E-state index in [1.165, 1.54) is 12.1 Å². The fourth-order valence-corrected chi connectivity index (χ4v) is 2.48. The molecular formula is C13H11ClFNS. The van der Waals surface area contributed by atoms with Crippen molar-refractivity contribution < 1.29 is 4.39 Å². The zero-order chi connectivity index (χ0) is 12.3. The van der Waals surface area contributed by atoms with Crippen LogP contribution in [0.2, 0.25) is 5.02 Å². The van der Waals surface area contributed by atoms with Gasteiger partial charge >= 0.3 is 0 Å². The maximum Gasteiger partial charge on any atom is 0.123 e. The first-order chi connectivity index (χ1) is 8.15. The lowest BCUT2D eigenvalue weighted by molar-refractivity contribution is 0.627. The highest BCUT2D eigenvalue weighted by molar-refractivity contribution is 7.98. The Labute approximate surface area is 109 Å². The van der Waals surface area contributed by atoms with E-state index in [-0.39, 0.29) is 5.82 Å². The van der Waals surface area contributed by atoms with Crippen molar-refractivity contribution in [3.63, 3.8) is 0 Å². The molecule has 17 heavy (non-hydrogen) atoms. The summed E-state index contributed by atoms with van der Waals surface area (Å²) < 4.78 is 12.7. The number of anilines is 1. The van der Waals surface area contributed by atoms with Crippen molar-refractivity contribution in [1.29, 1.82) is 0 Å². The first-order valence-electron chi connectivity index (χ1n) is 5.07. The van der Waals surface area contributed by atoms with Gasteiger partial charge in [0.2, 0.25) is 0 Å². The van der Waals surface area contributed by atoms with E-state index in [1.807, 2.05) is 12.1 Å². The van der Waals surface area contributed by atoms with Crippen molar-refractivity contribution in [2.24, 2.45) is 0 Å². The molecule has 0 aliphatic heterocycles. The monoisotopic (exact) mass is 267 g/mol. The van der Waals surface area contributed by atoms with Gasteiger partial charge in [-0.2, -0.15) is 0 Å². The molecule has 0 aliphatic rings. The van der Waals surface area contributed by atoms with Crippen LogP contribution in [-0.4, -0.2) is 0 Å². The lowest BCUT2D eigenvalue weighted by Gasteiger charge is -2.05. The van der Waals surface area contributed by atoms with Gasteiger partial charge in [-0.25, -0.2) is 4.39 Å². The Hall–Kier alpha value is -1.19.